The lowest BCUT2D eigenvalue weighted by Crippen LogP contribution is -2.38. The third-order valence-corrected chi connectivity index (χ3v) is 4.61. The number of hydrogen-bond acceptors (Lipinski definition) is 4. The van der Waals surface area contributed by atoms with Gasteiger partial charge in [-0.1, -0.05) is 36.4 Å². The third kappa shape index (κ3) is 3.88. The molecule has 28 heavy (non-hydrogen) atoms. The molecule has 0 atom stereocenters. The van der Waals surface area contributed by atoms with E-state index in [1.165, 1.54) is 5.56 Å². The number of carbonyl (C=O) groups is 1. The molecule has 1 aromatic heterocycles. The second-order valence-corrected chi connectivity index (χ2v) is 6.64. The number of ether oxygens (including phenoxy) is 1. The summed E-state index contributed by atoms with van der Waals surface area (Å²) in [6.45, 7) is 0.576. The fourth-order valence-corrected chi connectivity index (χ4v) is 3.23. The van der Waals surface area contributed by atoms with Crippen molar-refractivity contribution in [1.82, 2.24) is 4.98 Å². The van der Waals surface area contributed by atoms with E-state index >= 15 is 0 Å². The standard InChI is InChI=1S/C23H21N3O2/c24-18-11-12-21-20(15-18)26(14-6-9-17-7-2-1-3-8-17)23(27)22(28-21)16-19-10-4-5-13-25-19/h1-5,7-8,10-13,15-16H,6,9,14,24H2/b22-16+. The van der Waals surface area contributed by atoms with E-state index in [1.807, 2.05) is 36.4 Å². The van der Waals surface area contributed by atoms with E-state index in [-0.39, 0.29) is 11.7 Å². The molecule has 140 valence electrons. The number of pyridine rings is 1. The molecule has 0 radical (unpaired) electrons. The van der Waals surface area contributed by atoms with Crippen molar-refractivity contribution in [3.8, 4) is 5.75 Å². The first-order chi connectivity index (χ1) is 13.7. The molecular weight excluding hydrogens is 350 g/mol. The predicted octanol–water partition coefficient (Wildman–Crippen LogP) is 4.06. The van der Waals surface area contributed by atoms with Crippen LogP contribution in [0.5, 0.6) is 5.75 Å². The second-order valence-electron chi connectivity index (χ2n) is 6.64. The first-order valence-corrected chi connectivity index (χ1v) is 9.26. The number of hydrogen-bond donors (Lipinski definition) is 1. The molecule has 0 aliphatic carbocycles. The number of nitrogens with zero attached hydrogens (tertiary/aromatic N) is 2. The molecule has 2 N–H and O–H groups in total. The molecule has 4 rings (SSSR count). The molecule has 2 heterocycles. The zero-order valence-electron chi connectivity index (χ0n) is 15.4. The lowest BCUT2D eigenvalue weighted by molar-refractivity contribution is -0.117. The first kappa shape index (κ1) is 17.8. The molecule has 5 nitrogen and oxygen atoms in total. The van der Waals surface area contributed by atoms with Crippen LogP contribution in [-0.2, 0) is 11.2 Å². The summed E-state index contributed by atoms with van der Waals surface area (Å²) in [5.74, 6) is 0.697. The molecule has 3 aromatic rings. The van der Waals surface area contributed by atoms with E-state index in [4.69, 9.17) is 10.5 Å². The molecule has 5 heteroatoms. The fraction of sp³-hybridized carbons (Fsp3) is 0.130. The minimum Gasteiger partial charge on any atom is -0.449 e. The Balaban J connectivity index is 1.60. The number of aryl methyl sites for hydroxylation is 1. The highest BCUT2D eigenvalue weighted by Gasteiger charge is 2.30. The van der Waals surface area contributed by atoms with Gasteiger partial charge >= 0.3 is 0 Å². The molecule has 1 aliphatic rings. The molecule has 0 fully saturated rings. The summed E-state index contributed by atoms with van der Waals surface area (Å²) in [6.07, 6.45) is 5.08. The van der Waals surface area contributed by atoms with Gasteiger partial charge in [-0.25, -0.2) is 0 Å². The van der Waals surface area contributed by atoms with Crippen LogP contribution in [0.1, 0.15) is 17.7 Å². The Kier molecular flexibility index (Phi) is 5.06. The lowest BCUT2D eigenvalue weighted by atomic mass is 10.1. The number of rotatable bonds is 5. The maximum absolute atomic E-state index is 13.1. The number of carbonyl (C=O) groups excluding carboxylic acids is 1. The van der Waals surface area contributed by atoms with Crippen LogP contribution < -0.4 is 15.4 Å². The zero-order valence-corrected chi connectivity index (χ0v) is 15.4. The smallest absolute Gasteiger partial charge is 0.294 e. The van der Waals surface area contributed by atoms with Crippen LogP contribution in [0.3, 0.4) is 0 Å². The van der Waals surface area contributed by atoms with Crippen LogP contribution in [-0.4, -0.2) is 17.4 Å². The van der Waals surface area contributed by atoms with Gasteiger partial charge in [-0.05, 0) is 48.7 Å². The maximum atomic E-state index is 13.1. The Morgan fingerprint density at radius 3 is 2.64 bits per heavy atom. The molecule has 0 unspecified atom stereocenters. The number of aromatic nitrogens is 1. The second kappa shape index (κ2) is 7.96. The molecule has 2 aromatic carbocycles. The molecule has 1 aliphatic heterocycles. The Morgan fingerprint density at radius 2 is 1.86 bits per heavy atom. The van der Waals surface area contributed by atoms with Crippen LogP contribution in [0.25, 0.3) is 6.08 Å². The normalized spacial score (nSPS) is 14.6. The summed E-state index contributed by atoms with van der Waals surface area (Å²) in [4.78, 5) is 19.1. The Bertz CT molecular complexity index is 1000. The molecule has 1 amide bonds. The van der Waals surface area contributed by atoms with Crippen molar-refractivity contribution < 1.29 is 9.53 Å². The van der Waals surface area contributed by atoms with Gasteiger partial charge in [0.15, 0.2) is 11.5 Å². The van der Waals surface area contributed by atoms with Crippen molar-refractivity contribution in [3.05, 3.63) is 89.9 Å². The molecular formula is C23H21N3O2. The van der Waals surface area contributed by atoms with Crippen LogP contribution in [0.4, 0.5) is 11.4 Å². The van der Waals surface area contributed by atoms with Gasteiger partial charge in [0, 0.05) is 24.5 Å². The van der Waals surface area contributed by atoms with E-state index in [1.54, 1.807) is 35.4 Å². The summed E-state index contributed by atoms with van der Waals surface area (Å²) in [5, 5.41) is 0. The van der Waals surface area contributed by atoms with E-state index in [9.17, 15) is 4.79 Å². The summed E-state index contributed by atoms with van der Waals surface area (Å²) in [5.41, 5.74) is 9.18. The molecule has 0 spiro atoms. The number of anilines is 2. The minimum atomic E-state index is -0.184. The third-order valence-electron chi connectivity index (χ3n) is 4.61. The number of nitrogens with two attached hydrogens (primary N) is 1. The van der Waals surface area contributed by atoms with Gasteiger partial charge in [-0.15, -0.1) is 0 Å². The largest absolute Gasteiger partial charge is 0.449 e. The lowest BCUT2D eigenvalue weighted by Gasteiger charge is -2.30. The molecule has 0 saturated heterocycles. The summed E-state index contributed by atoms with van der Waals surface area (Å²) in [6, 6.07) is 21.1. The van der Waals surface area contributed by atoms with Gasteiger partial charge in [0.1, 0.15) is 0 Å². The summed E-state index contributed by atoms with van der Waals surface area (Å²) < 4.78 is 5.87. The van der Waals surface area contributed by atoms with Crippen LogP contribution >= 0.6 is 0 Å². The van der Waals surface area contributed by atoms with Crippen LogP contribution in [0, 0.1) is 0 Å². The van der Waals surface area contributed by atoms with E-state index in [0.29, 0.717) is 29.4 Å². The number of amides is 1. The van der Waals surface area contributed by atoms with Crippen LogP contribution in [0.2, 0.25) is 0 Å². The topological polar surface area (TPSA) is 68.5 Å². The molecule has 0 bridgehead atoms. The van der Waals surface area contributed by atoms with Crippen LogP contribution in [0.15, 0.2) is 78.7 Å². The Labute approximate surface area is 164 Å². The monoisotopic (exact) mass is 371 g/mol. The van der Waals surface area contributed by atoms with E-state index < -0.39 is 0 Å². The van der Waals surface area contributed by atoms with Gasteiger partial charge in [-0.3, -0.25) is 9.78 Å². The highest BCUT2D eigenvalue weighted by molar-refractivity contribution is 6.10. The van der Waals surface area contributed by atoms with Crippen molar-refractivity contribution in [2.75, 3.05) is 17.2 Å². The summed E-state index contributed by atoms with van der Waals surface area (Å²) in [7, 11) is 0. The number of fused-ring (bicyclic) bond motifs is 1. The quantitative estimate of drug-likeness (QED) is 0.542. The number of nitrogen functional groups attached to an aromatic ring is 1. The predicted molar refractivity (Wildman–Crippen MR) is 111 cm³/mol. The van der Waals surface area contributed by atoms with E-state index in [0.717, 1.165) is 12.8 Å². The first-order valence-electron chi connectivity index (χ1n) is 9.26. The zero-order chi connectivity index (χ0) is 19.3. The van der Waals surface area contributed by atoms with Crippen molar-refractivity contribution >= 4 is 23.4 Å². The minimum absolute atomic E-state index is 0.184. The maximum Gasteiger partial charge on any atom is 0.294 e. The highest BCUT2D eigenvalue weighted by Crippen LogP contribution is 2.37. The Morgan fingerprint density at radius 1 is 1.04 bits per heavy atom. The van der Waals surface area contributed by atoms with Crippen molar-refractivity contribution in [1.29, 1.82) is 0 Å². The van der Waals surface area contributed by atoms with Crippen molar-refractivity contribution in [2.45, 2.75) is 12.8 Å². The van der Waals surface area contributed by atoms with Crippen molar-refractivity contribution in [2.24, 2.45) is 0 Å². The van der Waals surface area contributed by atoms with Gasteiger partial charge < -0.3 is 15.4 Å². The van der Waals surface area contributed by atoms with Crippen molar-refractivity contribution in [3.63, 3.8) is 0 Å². The molecule has 0 saturated carbocycles. The van der Waals surface area contributed by atoms with Gasteiger partial charge in [-0.2, -0.15) is 0 Å². The van der Waals surface area contributed by atoms with Gasteiger partial charge in [0.25, 0.3) is 5.91 Å². The average molecular weight is 371 g/mol. The van der Waals surface area contributed by atoms with E-state index in [2.05, 4.69) is 17.1 Å². The SMILES string of the molecule is Nc1ccc2c(c1)N(CCCc1ccccc1)C(=O)/C(=C\c1ccccn1)O2. The Hall–Kier alpha value is -3.60. The number of benzene rings is 2. The average Bonchev–Trinajstić information content (AvgIpc) is 2.72. The van der Waals surface area contributed by atoms with Gasteiger partial charge in [0.2, 0.25) is 0 Å². The highest BCUT2D eigenvalue weighted by atomic mass is 16.5. The van der Waals surface area contributed by atoms with Gasteiger partial charge in [0.05, 0.1) is 11.4 Å². The summed E-state index contributed by atoms with van der Waals surface area (Å²) >= 11 is 0. The fourth-order valence-electron chi connectivity index (χ4n) is 3.23.